The van der Waals surface area contributed by atoms with Crippen molar-refractivity contribution in [2.75, 3.05) is 6.61 Å². The first-order valence-corrected chi connectivity index (χ1v) is 5.36. The van der Waals surface area contributed by atoms with Crippen LogP contribution in [0, 0.1) is 5.41 Å². The van der Waals surface area contributed by atoms with Crippen LogP contribution in [0.15, 0.2) is 0 Å². The zero-order chi connectivity index (χ0) is 9.90. The fraction of sp³-hybridized carbons (Fsp3) is 1.00. The van der Waals surface area contributed by atoms with Gasteiger partial charge in [-0.1, -0.05) is 20.8 Å². The van der Waals surface area contributed by atoms with Crippen LogP contribution in [0.5, 0.6) is 0 Å². The average molecular weight is 186 g/mol. The number of rotatable bonds is 4. The van der Waals surface area contributed by atoms with Crippen LogP contribution in [-0.2, 0) is 4.74 Å². The summed E-state index contributed by atoms with van der Waals surface area (Å²) in [4.78, 5) is 0. The standard InChI is InChI=1S/C11H22O2/c1-4-9-5-6-10(13-9)11(2,3)7-8-12/h9-10,12H,4-8H2,1-3H3. The molecule has 0 saturated carbocycles. The molecule has 0 aromatic heterocycles. The summed E-state index contributed by atoms with van der Waals surface area (Å²) in [5, 5.41) is 8.93. The Balaban J connectivity index is 2.44. The summed E-state index contributed by atoms with van der Waals surface area (Å²) in [5.74, 6) is 0. The molecular weight excluding hydrogens is 164 g/mol. The molecule has 2 nitrogen and oxygen atoms in total. The minimum atomic E-state index is 0.138. The van der Waals surface area contributed by atoms with Gasteiger partial charge in [-0.3, -0.25) is 0 Å². The van der Waals surface area contributed by atoms with Gasteiger partial charge in [0.25, 0.3) is 0 Å². The molecule has 0 aromatic carbocycles. The third-order valence-electron chi connectivity index (χ3n) is 3.19. The van der Waals surface area contributed by atoms with Gasteiger partial charge in [0.1, 0.15) is 0 Å². The summed E-state index contributed by atoms with van der Waals surface area (Å²) in [6, 6.07) is 0. The highest BCUT2D eigenvalue weighted by Crippen LogP contribution is 2.36. The van der Waals surface area contributed by atoms with Crippen molar-refractivity contribution in [2.24, 2.45) is 5.41 Å². The van der Waals surface area contributed by atoms with Crippen molar-refractivity contribution in [1.82, 2.24) is 0 Å². The van der Waals surface area contributed by atoms with Crippen LogP contribution in [0.3, 0.4) is 0 Å². The van der Waals surface area contributed by atoms with E-state index in [0.717, 1.165) is 19.3 Å². The van der Waals surface area contributed by atoms with E-state index in [9.17, 15) is 0 Å². The average Bonchev–Trinajstić information content (AvgIpc) is 2.52. The van der Waals surface area contributed by atoms with E-state index in [-0.39, 0.29) is 12.0 Å². The van der Waals surface area contributed by atoms with Gasteiger partial charge in [0.05, 0.1) is 12.2 Å². The first-order valence-electron chi connectivity index (χ1n) is 5.36. The zero-order valence-corrected chi connectivity index (χ0v) is 9.05. The minimum Gasteiger partial charge on any atom is -0.396 e. The summed E-state index contributed by atoms with van der Waals surface area (Å²) < 4.78 is 5.92. The Morgan fingerprint density at radius 2 is 2.08 bits per heavy atom. The molecule has 0 radical (unpaired) electrons. The Bertz CT molecular complexity index is 154. The molecule has 13 heavy (non-hydrogen) atoms. The highest BCUT2D eigenvalue weighted by Gasteiger charge is 2.35. The van der Waals surface area contributed by atoms with E-state index in [1.807, 2.05) is 0 Å². The van der Waals surface area contributed by atoms with E-state index in [0.29, 0.717) is 12.2 Å². The van der Waals surface area contributed by atoms with Crippen LogP contribution in [-0.4, -0.2) is 23.9 Å². The SMILES string of the molecule is CCC1CCC(C(C)(C)CCO)O1. The summed E-state index contributed by atoms with van der Waals surface area (Å²) in [6.07, 6.45) is 5.12. The Kier molecular flexibility index (Phi) is 3.74. The van der Waals surface area contributed by atoms with Crippen molar-refractivity contribution >= 4 is 0 Å². The van der Waals surface area contributed by atoms with Crippen molar-refractivity contribution in [3.05, 3.63) is 0 Å². The number of hydrogen-bond donors (Lipinski definition) is 1. The van der Waals surface area contributed by atoms with Crippen LogP contribution in [0.25, 0.3) is 0 Å². The summed E-state index contributed by atoms with van der Waals surface area (Å²) >= 11 is 0. The Morgan fingerprint density at radius 1 is 1.38 bits per heavy atom. The van der Waals surface area contributed by atoms with E-state index < -0.39 is 0 Å². The summed E-state index contributed by atoms with van der Waals surface area (Å²) in [7, 11) is 0. The molecular formula is C11H22O2. The first-order chi connectivity index (χ1) is 6.10. The number of ether oxygens (including phenoxy) is 1. The van der Waals surface area contributed by atoms with Crippen molar-refractivity contribution in [1.29, 1.82) is 0 Å². The van der Waals surface area contributed by atoms with Gasteiger partial charge in [-0.25, -0.2) is 0 Å². The predicted octanol–water partition coefficient (Wildman–Crippen LogP) is 2.35. The van der Waals surface area contributed by atoms with Crippen LogP contribution >= 0.6 is 0 Å². The maximum absolute atomic E-state index is 8.93. The van der Waals surface area contributed by atoms with E-state index >= 15 is 0 Å². The predicted molar refractivity (Wildman–Crippen MR) is 53.7 cm³/mol. The van der Waals surface area contributed by atoms with Crippen LogP contribution in [0.1, 0.15) is 46.5 Å². The molecule has 1 rings (SSSR count). The fourth-order valence-corrected chi connectivity index (χ4v) is 2.03. The van der Waals surface area contributed by atoms with Gasteiger partial charge in [0, 0.05) is 6.61 Å². The van der Waals surface area contributed by atoms with E-state index in [1.54, 1.807) is 0 Å². The van der Waals surface area contributed by atoms with Crippen molar-refractivity contribution in [3.63, 3.8) is 0 Å². The lowest BCUT2D eigenvalue weighted by atomic mass is 9.82. The quantitative estimate of drug-likeness (QED) is 0.730. The van der Waals surface area contributed by atoms with E-state index in [4.69, 9.17) is 9.84 Å². The maximum Gasteiger partial charge on any atom is 0.0631 e. The Labute approximate surface area is 81.3 Å². The zero-order valence-electron chi connectivity index (χ0n) is 9.05. The van der Waals surface area contributed by atoms with Gasteiger partial charge in [-0.05, 0) is 31.1 Å². The molecule has 2 atom stereocenters. The molecule has 1 fully saturated rings. The van der Waals surface area contributed by atoms with Gasteiger partial charge < -0.3 is 9.84 Å². The fourth-order valence-electron chi connectivity index (χ4n) is 2.03. The second-order valence-electron chi connectivity index (χ2n) is 4.69. The third-order valence-corrected chi connectivity index (χ3v) is 3.19. The molecule has 0 bridgehead atoms. The largest absolute Gasteiger partial charge is 0.396 e. The lowest BCUT2D eigenvalue weighted by molar-refractivity contribution is -0.0323. The molecule has 1 N–H and O–H groups in total. The first kappa shape index (κ1) is 11.0. The molecule has 1 saturated heterocycles. The van der Waals surface area contributed by atoms with Crippen molar-refractivity contribution < 1.29 is 9.84 Å². The van der Waals surface area contributed by atoms with E-state index in [2.05, 4.69) is 20.8 Å². The monoisotopic (exact) mass is 186 g/mol. The summed E-state index contributed by atoms with van der Waals surface area (Å²) in [6.45, 7) is 6.81. The lowest BCUT2D eigenvalue weighted by Crippen LogP contribution is -2.30. The molecule has 0 amide bonds. The van der Waals surface area contributed by atoms with Gasteiger partial charge in [-0.15, -0.1) is 0 Å². The van der Waals surface area contributed by atoms with Crippen molar-refractivity contribution in [3.8, 4) is 0 Å². The second kappa shape index (κ2) is 4.43. The molecule has 1 aliphatic heterocycles. The molecule has 2 unspecified atom stereocenters. The molecule has 78 valence electrons. The molecule has 0 aromatic rings. The minimum absolute atomic E-state index is 0.138. The maximum atomic E-state index is 8.93. The Hall–Kier alpha value is -0.0800. The van der Waals surface area contributed by atoms with Gasteiger partial charge in [-0.2, -0.15) is 0 Å². The Morgan fingerprint density at radius 3 is 2.54 bits per heavy atom. The number of aliphatic hydroxyl groups is 1. The molecule has 0 spiro atoms. The lowest BCUT2D eigenvalue weighted by Gasteiger charge is -2.30. The highest BCUT2D eigenvalue weighted by atomic mass is 16.5. The normalized spacial score (nSPS) is 29.5. The van der Waals surface area contributed by atoms with Crippen LogP contribution in [0.2, 0.25) is 0 Å². The summed E-state index contributed by atoms with van der Waals surface area (Å²) in [5.41, 5.74) is 0.138. The van der Waals surface area contributed by atoms with Gasteiger partial charge >= 0.3 is 0 Å². The molecule has 1 aliphatic rings. The number of aliphatic hydroxyl groups excluding tert-OH is 1. The van der Waals surface area contributed by atoms with Crippen molar-refractivity contribution in [2.45, 2.75) is 58.7 Å². The second-order valence-corrected chi connectivity index (χ2v) is 4.69. The molecule has 0 aliphatic carbocycles. The van der Waals surface area contributed by atoms with E-state index in [1.165, 1.54) is 6.42 Å². The van der Waals surface area contributed by atoms with Crippen LogP contribution in [0.4, 0.5) is 0 Å². The molecule has 2 heteroatoms. The topological polar surface area (TPSA) is 29.5 Å². The van der Waals surface area contributed by atoms with Gasteiger partial charge in [0.15, 0.2) is 0 Å². The highest BCUT2D eigenvalue weighted by molar-refractivity contribution is 4.84. The number of hydrogen-bond acceptors (Lipinski definition) is 2. The third kappa shape index (κ3) is 2.68. The smallest absolute Gasteiger partial charge is 0.0631 e. The van der Waals surface area contributed by atoms with Crippen LogP contribution < -0.4 is 0 Å². The molecule has 1 heterocycles. The van der Waals surface area contributed by atoms with Gasteiger partial charge in [0.2, 0.25) is 0 Å².